The Labute approximate surface area is 155 Å². The summed E-state index contributed by atoms with van der Waals surface area (Å²) in [5, 5.41) is 7.93. The molecule has 3 aromatic rings. The Morgan fingerprint density at radius 1 is 1.37 bits per heavy atom. The Hall–Kier alpha value is -3.20. The van der Waals surface area contributed by atoms with Crippen LogP contribution in [0, 0.1) is 0 Å². The number of nitrogens with zero attached hydrogens (tertiary/aromatic N) is 5. The maximum Gasteiger partial charge on any atom is 0.276 e. The first-order chi connectivity index (χ1) is 13.2. The molecule has 0 radical (unpaired) electrons. The number of benzene rings is 1. The van der Waals surface area contributed by atoms with E-state index >= 15 is 0 Å². The van der Waals surface area contributed by atoms with Crippen LogP contribution in [0.4, 0.5) is 0 Å². The summed E-state index contributed by atoms with van der Waals surface area (Å²) in [6, 6.07) is 9.09. The summed E-state index contributed by atoms with van der Waals surface area (Å²) in [5.74, 6) is 0.968. The average Bonchev–Trinajstić information content (AvgIpc) is 3.48. The summed E-state index contributed by atoms with van der Waals surface area (Å²) in [6.45, 7) is 1.41. The molecule has 1 fully saturated rings. The van der Waals surface area contributed by atoms with E-state index in [1.165, 1.54) is 6.33 Å². The summed E-state index contributed by atoms with van der Waals surface area (Å²) in [7, 11) is 1.75. The van der Waals surface area contributed by atoms with E-state index in [2.05, 4.69) is 15.2 Å². The molecule has 1 amide bonds. The summed E-state index contributed by atoms with van der Waals surface area (Å²) >= 11 is 0. The second-order valence-corrected chi connectivity index (χ2v) is 6.23. The number of hydrogen-bond acceptors (Lipinski definition) is 7. The fourth-order valence-corrected chi connectivity index (χ4v) is 2.85. The van der Waals surface area contributed by atoms with Crippen molar-refractivity contribution in [2.24, 2.45) is 0 Å². The smallest absolute Gasteiger partial charge is 0.276 e. The molecule has 0 bridgehead atoms. The lowest BCUT2D eigenvalue weighted by atomic mass is 10.2. The van der Waals surface area contributed by atoms with Crippen molar-refractivity contribution in [3.05, 3.63) is 54.4 Å². The predicted octanol–water partition coefficient (Wildman–Crippen LogP) is 1.70. The third kappa shape index (κ3) is 3.82. The Morgan fingerprint density at radius 2 is 2.22 bits per heavy atom. The number of aromatic nitrogens is 4. The minimum atomic E-state index is -0.183. The highest BCUT2D eigenvalue weighted by molar-refractivity contribution is 5.92. The van der Waals surface area contributed by atoms with Crippen molar-refractivity contribution < 1.29 is 18.8 Å². The molecule has 1 saturated heterocycles. The van der Waals surface area contributed by atoms with Gasteiger partial charge in [0.05, 0.1) is 18.3 Å². The first-order valence-corrected chi connectivity index (χ1v) is 8.59. The van der Waals surface area contributed by atoms with Gasteiger partial charge in [-0.2, -0.15) is 5.10 Å². The topological polar surface area (TPSA) is 95.5 Å². The van der Waals surface area contributed by atoms with Crippen LogP contribution < -0.4 is 4.74 Å². The third-order valence-electron chi connectivity index (χ3n) is 4.45. The fourth-order valence-electron chi connectivity index (χ4n) is 2.85. The Morgan fingerprint density at radius 3 is 2.93 bits per heavy atom. The zero-order chi connectivity index (χ0) is 18.6. The largest absolute Gasteiger partial charge is 0.486 e. The van der Waals surface area contributed by atoms with Crippen LogP contribution in [-0.4, -0.2) is 57.0 Å². The fraction of sp³-hybridized carbons (Fsp3) is 0.333. The minimum absolute atomic E-state index is 0.0809. The molecular formula is C18H19N5O4. The summed E-state index contributed by atoms with van der Waals surface area (Å²) in [4.78, 5) is 18.0. The van der Waals surface area contributed by atoms with Crippen molar-refractivity contribution in [1.82, 2.24) is 24.8 Å². The molecule has 1 aliphatic rings. The average molecular weight is 369 g/mol. The molecule has 9 nitrogen and oxygen atoms in total. The molecule has 3 heterocycles. The van der Waals surface area contributed by atoms with Crippen molar-refractivity contribution in [2.75, 3.05) is 20.3 Å². The molecule has 0 spiro atoms. The van der Waals surface area contributed by atoms with Gasteiger partial charge in [0.25, 0.3) is 5.91 Å². The second-order valence-electron chi connectivity index (χ2n) is 6.23. The van der Waals surface area contributed by atoms with Crippen LogP contribution in [0.2, 0.25) is 0 Å². The van der Waals surface area contributed by atoms with E-state index in [1.54, 1.807) is 29.0 Å². The van der Waals surface area contributed by atoms with E-state index < -0.39 is 0 Å². The highest BCUT2D eigenvalue weighted by Crippen LogP contribution is 2.18. The van der Waals surface area contributed by atoms with Crippen LogP contribution in [0.25, 0.3) is 5.69 Å². The van der Waals surface area contributed by atoms with Gasteiger partial charge in [-0.25, -0.2) is 9.67 Å². The van der Waals surface area contributed by atoms with Crippen LogP contribution in [0.5, 0.6) is 5.75 Å². The van der Waals surface area contributed by atoms with Crippen molar-refractivity contribution >= 4 is 5.91 Å². The van der Waals surface area contributed by atoms with Gasteiger partial charge in [-0.1, -0.05) is 5.16 Å². The predicted molar refractivity (Wildman–Crippen MR) is 93.5 cm³/mol. The monoisotopic (exact) mass is 369 g/mol. The zero-order valence-corrected chi connectivity index (χ0v) is 14.8. The van der Waals surface area contributed by atoms with Crippen molar-refractivity contribution in [2.45, 2.75) is 19.1 Å². The maximum atomic E-state index is 12.5. The number of hydrogen-bond donors (Lipinski definition) is 0. The number of carbonyl (C=O) groups is 1. The van der Waals surface area contributed by atoms with Gasteiger partial charge >= 0.3 is 0 Å². The van der Waals surface area contributed by atoms with Crippen LogP contribution >= 0.6 is 0 Å². The number of carbonyl (C=O) groups excluding carboxylic acids is 1. The Kier molecular flexibility index (Phi) is 4.84. The van der Waals surface area contributed by atoms with E-state index in [4.69, 9.17) is 14.0 Å². The first-order valence-electron chi connectivity index (χ1n) is 8.59. The van der Waals surface area contributed by atoms with Crippen molar-refractivity contribution in [3.63, 3.8) is 0 Å². The molecular weight excluding hydrogens is 350 g/mol. The number of amides is 1. The van der Waals surface area contributed by atoms with Crippen LogP contribution in [0.3, 0.4) is 0 Å². The number of likely N-dealkylation sites (N-methyl/N-ethyl adjacent to an activating group) is 1. The van der Waals surface area contributed by atoms with Crippen LogP contribution in [-0.2, 0) is 11.3 Å². The minimum Gasteiger partial charge on any atom is -0.486 e. The van der Waals surface area contributed by atoms with E-state index in [0.29, 0.717) is 24.7 Å². The van der Waals surface area contributed by atoms with Gasteiger partial charge in [0, 0.05) is 19.7 Å². The normalized spacial score (nSPS) is 16.4. The second kappa shape index (κ2) is 7.58. The standard InChI is InChI=1S/C18H19N5O4/c1-22(14-6-7-25-9-14)18(24)17-8-16(27-21-17)10-26-15-4-2-13(3-5-15)23-12-19-11-20-23/h2-5,8,11-12,14H,6-7,9-10H2,1H3/t14-/m0/s1. The highest BCUT2D eigenvalue weighted by Gasteiger charge is 2.26. The number of ether oxygens (including phenoxy) is 2. The van der Waals surface area contributed by atoms with Crippen LogP contribution in [0.15, 0.2) is 47.5 Å². The van der Waals surface area contributed by atoms with Crippen molar-refractivity contribution in [3.8, 4) is 11.4 Å². The van der Waals surface area contributed by atoms with Crippen molar-refractivity contribution in [1.29, 1.82) is 0 Å². The highest BCUT2D eigenvalue weighted by atomic mass is 16.5. The van der Waals surface area contributed by atoms with E-state index in [9.17, 15) is 4.79 Å². The third-order valence-corrected chi connectivity index (χ3v) is 4.45. The van der Waals surface area contributed by atoms with Gasteiger partial charge in [-0.05, 0) is 30.7 Å². The van der Waals surface area contributed by atoms with Gasteiger partial charge in [-0.3, -0.25) is 4.79 Å². The van der Waals surface area contributed by atoms with Gasteiger partial charge in [0.1, 0.15) is 25.0 Å². The van der Waals surface area contributed by atoms with Gasteiger partial charge in [0.15, 0.2) is 11.5 Å². The van der Waals surface area contributed by atoms with E-state index in [-0.39, 0.29) is 24.2 Å². The van der Waals surface area contributed by atoms with Gasteiger partial charge in [0.2, 0.25) is 0 Å². The lowest BCUT2D eigenvalue weighted by Crippen LogP contribution is -2.37. The Balaban J connectivity index is 1.34. The molecule has 2 aromatic heterocycles. The molecule has 4 rings (SSSR count). The molecule has 0 aliphatic carbocycles. The van der Waals surface area contributed by atoms with Gasteiger partial charge < -0.3 is 18.9 Å². The summed E-state index contributed by atoms with van der Waals surface area (Å²) in [5.41, 5.74) is 1.15. The molecule has 0 saturated carbocycles. The lowest BCUT2D eigenvalue weighted by molar-refractivity contribution is 0.0700. The maximum absolute atomic E-state index is 12.5. The quantitative estimate of drug-likeness (QED) is 0.652. The molecule has 9 heteroatoms. The molecule has 140 valence electrons. The molecule has 0 unspecified atom stereocenters. The zero-order valence-electron chi connectivity index (χ0n) is 14.8. The molecule has 1 aliphatic heterocycles. The lowest BCUT2D eigenvalue weighted by Gasteiger charge is -2.21. The molecule has 0 N–H and O–H groups in total. The Bertz CT molecular complexity index is 885. The molecule has 1 aromatic carbocycles. The molecule has 1 atom stereocenters. The summed E-state index contributed by atoms with van der Waals surface area (Å²) in [6.07, 6.45) is 3.93. The SMILES string of the molecule is CN(C(=O)c1cc(COc2ccc(-n3cncn3)cc2)on1)[C@H]1CCOC1. The summed E-state index contributed by atoms with van der Waals surface area (Å²) < 4.78 is 17.9. The van der Waals surface area contributed by atoms with E-state index in [1.807, 2.05) is 24.3 Å². The molecule has 27 heavy (non-hydrogen) atoms. The van der Waals surface area contributed by atoms with Gasteiger partial charge in [-0.15, -0.1) is 0 Å². The van der Waals surface area contributed by atoms with E-state index in [0.717, 1.165) is 12.1 Å². The number of rotatable bonds is 6. The van der Waals surface area contributed by atoms with Crippen LogP contribution in [0.1, 0.15) is 22.7 Å². The first kappa shape index (κ1) is 17.2.